The highest BCUT2D eigenvalue weighted by atomic mass is 32.1. The third-order valence-corrected chi connectivity index (χ3v) is 4.16. The minimum absolute atomic E-state index is 0.160. The molecule has 0 aromatic carbocycles. The average Bonchev–Trinajstić information content (AvgIpc) is 3.11. The molecule has 3 aromatic heterocycles. The Labute approximate surface area is 127 Å². The summed E-state index contributed by atoms with van der Waals surface area (Å²) >= 11 is 1.72. The normalized spacial score (nSPS) is 12.9. The van der Waals surface area contributed by atoms with Gasteiger partial charge in [0.15, 0.2) is 5.82 Å². The lowest BCUT2D eigenvalue weighted by molar-refractivity contribution is 0.516. The van der Waals surface area contributed by atoms with Crippen LogP contribution in [0, 0.1) is 0 Å². The van der Waals surface area contributed by atoms with Crippen molar-refractivity contribution >= 4 is 21.6 Å². The molecule has 3 aromatic rings. The number of nitrogens with zero attached hydrogens (tertiary/aromatic N) is 5. The van der Waals surface area contributed by atoms with Crippen molar-refractivity contribution in [3.05, 3.63) is 35.1 Å². The number of thiophene rings is 1. The first-order chi connectivity index (χ1) is 10.3. The third kappa shape index (κ3) is 3.25. The molecule has 0 spiro atoms. The van der Waals surface area contributed by atoms with Gasteiger partial charge in [-0.25, -0.2) is 0 Å². The Morgan fingerprint density at radius 2 is 2.33 bits per heavy atom. The summed E-state index contributed by atoms with van der Waals surface area (Å²) in [5.41, 5.74) is 2.22. The number of tetrazole rings is 1. The highest BCUT2D eigenvalue weighted by molar-refractivity contribution is 7.17. The molecular weight excluding hydrogens is 284 g/mol. The smallest absolute Gasteiger partial charge is 0.176 e. The standard InChI is InChI=1S/C14H18N6S/c1-3-5-15-12(8-14-17-19-20(2)18-14)10-7-13-11(16-9-10)4-6-21-13/h4,6-7,9,12,15H,3,5,8H2,1-2H3. The van der Waals surface area contributed by atoms with Crippen molar-refractivity contribution in [2.75, 3.05) is 6.54 Å². The van der Waals surface area contributed by atoms with Crippen LogP contribution < -0.4 is 5.32 Å². The molecule has 1 unspecified atom stereocenters. The number of fused-ring (bicyclic) bond motifs is 1. The van der Waals surface area contributed by atoms with E-state index in [1.54, 1.807) is 18.4 Å². The molecule has 3 rings (SSSR count). The van der Waals surface area contributed by atoms with Crippen LogP contribution in [0.2, 0.25) is 0 Å². The summed E-state index contributed by atoms with van der Waals surface area (Å²) in [5.74, 6) is 0.748. The predicted octanol–water partition coefficient (Wildman–Crippen LogP) is 2.10. The van der Waals surface area contributed by atoms with Crippen LogP contribution in [0.1, 0.15) is 30.8 Å². The lowest BCUT2D eigenvalue weighted by Crippen LogP contribution is -2.24. The van der Waals surface area contributed by atoms with E-state index in [0.717, 1.165) is 24.3 Å². The van der Waals surface area contributed by atoms with Crippen LogP contribution >= 0.6 is 11.3 Å². The van der Waals surface area contributed by atoms with E-state index >= 15 is 0 Å². The fourth-order valence-corrected chi connectivity index (χ4v) is 3.06. The van der Waals surface area contributed by atoms with Crippen molar-refractivity contribution in [1.82, 2.24) is 30.5 Å². The van der Waals surface area contributed by atoms with Crippen molar-refractivity contribution in [1.29, 1.82) is 0 Å². The fraction of sp³-hybridized carbons (Fsp3) is 0.429. The molecule has 0 radical (unpaired) electrons. The molecule has 0 aliphatic rings. The monoisotopic (exact) mass is 302 g/mol. The van der Waals surface area contributed by atoms with Crippen LogP contribution in [0.25, 0.3) is 10.2 Å². The van der Waals surface area contributed by atoms with E-state index < -0.39 is 0 Å². The van der Waals surface area contributed by atoms with E-state index in [2.05, 4.69) is 44.1 Å². The summed E-state index contributed by atoms with van der Waals surface area (Å²) in [6.45, 7) is 3.11. The van der Waals surface area contributed by atoms with Crippen molar-refractivity contribution in [2.24, 2.45) is 7.05 Å². The second-order valence-corrected chi connectivity index (χ2v) is 5.93. The van der Waals surface area contributed by atoms with Crippen molar-refractivity contribution in [3.8, 4) is 0 Å². The van der Waals surface area contributed by atoms with Gasteiger partial charge in [-0.05, 0) is 41.3 Å². The van der Waals surface area contributed by atoms with Gasteiger partial charge in [0.1, 0.15) is 0 Å². The number of hydrogen-bond acceptors (Lipinski definition) is 6. The van der Waals surface area contributed by atoms with Gasteiger partial charge in [0.2, 0.25) is 0 Å². The molecule has 0 aliphatic carbocycles. The molecule has 0 aliphatic heterocycles. The number of rotatable bonds is 6. The topological polar surface area (TPSA) is 68.5 Å². The van der Waals surface area contributed by atoms with Crippen LogP contribution in [0.5, 0.6) is 0 Å². The van der Waals surface area contributed by atoms with E-state index in [9.17, 15) is 0 Å². The van der Waals surface area contributed by atoms with Crippen LogP contribution in [0.4, 0.5) is 0 Å². The summed E-state index contributed by atoms with van der Waals surface area (Å²) in [4.78, 5) is 6.02. The zero-order valence-corrected chi connectivity index (χ0v) is 13.0. The highest BCUT2D eigenvalue weighted by Crippen LogP contribution is 2.24. The highest BCUT2D eigenvalue weighted by Gasteiger charge is 2.16. The molecule has 0 saturated carbocycles. The van der Waals surface area contributed by atoms with Gasteiger partial charge in [0.05, 0.1) is 17.3 Å². The van der Waals surface area contributed by atoms with Crippen LogP contribution in [0.15, 0.2) is 23.7 Å². The summed E-state index contributed by atoms with van der Waals surface area (Å²) < 4.78 is 1.21. The molecule has 0 bridgehead atoms. The summed E-state index contributed by atoms with van der Waals surface area (Å²) in [6, 6.07) is 4.41. The molecule has 110 valence electrons. The average molecular weight is 302 g/mol. The van der Waals surface area contributed by atoms with E-state index in [0.29, 0.717) is 6.42 Å². The third-order valence-electron chi connectivity index (χ3n) is 3.30. The van der Waals surface area contributed by atoms with Gasteiger partial charge in [-0.1, -0.05) is 6.92 Å². The van der Waals surface area contributed by atoms with Crippen molar-refractivity contribution < 1.29 is 0 Å². The van der Waals surface area contributed by atoms with E-state index in [4.69, 9.17) is 0 Å². The van der Waals surface area contributed by atoms with Gasteiger partial charge in [0.25, 0.3) is 0 Å². The number of pyridine rings is 1. The lowest BCUT2D eigenvalue weighted by atomic mass is 10.1. The molecule has 6 nitrogen and oxygen atoms in total. The van der Waals surface area contributed by atoms with Gasteiger partial charge in [-0.15, -0.1) is 21.5 Å². The Bertz CT molecular complexity index is 719. The largest absolute Gasteiger partial charge is 0.309 e. The molecule has 1 N–H and O–H groups in total. The van der Waals surface area contributed by atoms with Crippen molar-refractivity contribution in [3.63, 3.8) is 0 Å². The number of aromatic nitrogens is 5. The van der Waals surface area contributed by atoms with Crippen molar-refractivity contribution in [2.45, 2.75) is 25.8 Å². The molecule has 1 atom stereocenters. The van der Waals surface area contributed by atoms with Crippen LogP contribution in [-0.2, 0) is 13.5 Å². The van der Waals surface area contributed by atoms with Crippen LogP contribution in [0.3, 0.4) is 0 Å². The van der Waals surface area contributed by atoms with Gasteiger partial charge in [-0.2, -0.15) is 4.80 Å². The van der Waals surface area contributed by atoms with E-state index in [1.807, 2.05) is 12.3 Å². The molecular formula is C14H18N6S. The first-order valence-electron chi connectivity index (χ1n) is 7.05. The minimum Gasteiger partial charge on any atom is -0.309 e. The minimum atomic E-state index is 0.160. The Balaban J connectivity index is 1.86. The molecule has 3 heterocycles. The molecule has 0 fully saturated rings. The maximum atomic E-state index is 4.53. The molecule has 7 heteroatoms. The molecule has 0 saturated heterocycles. The Morgan fingerprint density at radius 3 is 3.10 bits per heavy atom. The second-order valence-electron chi connectivity index (χ2n) is 4.98. The SMILES string of the molecule is CCCNC(Cc1nnn(C)n1)c1cnc2ccsc2c1. The quantitative estimate of drug-likeness (QED) is 0.755. The Kier molecular flexibility index (Phi) is 4.21. The van der Waals surface area contributed by atoms with E-state index in [-0.39, 0.29) is 6.04 Å². The number of hydrogen-bond donors (Lipinski definition) is 1. The van der Waals surface area contributed by atoms with E-state index in [1.165, 1.54) is 15.1 Å². The maximum absolute atomic E-state index is 4.53. The zero-order chi connectivity index (χ0) is 14.7. The summed E-state index contributed by atoms with van der Waals surface area (Å²) in [6.07, 6.45) is 3.74. The number of aryl methyl sites for hydroxylation is 1. The Morgan fingerprint density at radius 1 is 1.43 bits per heavy atom. The molecule has 21 heavy (non-hydrogen) atoms. The lowest BCUT2D eigenvalue weighted by Gasteiger charge is -2.17. The maximum Gasteiger partial charge on any atom is 0.176 e. The first-order valence-corrected chi connectivity index (χ1v) is 7.93. The summed E-state index contributed by atoms with van der Waals surface area (Å²) in [5, 5.41) is 17.9. The second kappa shape index (κ2) is 6.28. The van der Waals surface area contributed by atoms with Gasteiger partial charge in [0, 0.05) is 18.7 Å². The zero-order valence-electron chi connectivity index (χ0n) is 12.2. The van der Waals surface area contributed by atoms with Gasteiger partial charge in [-0.3, -0.25) is 4.98 Å². The Hall–Kier alpha value is -1.86. The predicted molar refractivity (Wildman–Crippen MR) is 83.2 cm³/mol. The molecule has 0 amide bonds. The van der Waals surface area contributed by atoms with Gasteiger partial charge >= 0.3 is 0 Å². The summed E-state index contributed by atoms with van der Waals surface area (Å²) in [7, 11) is 1.78. The van der Waals surface area contributed by atoms with Crippen LogP contribution in [-0.4, -0.2) is 31.7 Å². The number of nitrogens with one attached hydrogen (secondary N) is 1. The first kappa shape index (κ1) is 14.1. The van der Waals surface area contributed by atoms with Gasteiger partial charge < -0.3 is 5.32 Å². The fourth-order valence-electron chi connectivity index (χ4n) is 2.27.